The maximum atomic E-state index is 11.4. The minimum atomic E-state index is -0.552. The number of amides is 1. The van der Waals surface area contributed by atoms with Crippen LogP contribution in [0, 0.1) is 0 Å². The molecule has 0 fully saturated rings. The number of benzene rings is 1. The van der Waals surface area contributed by atoms with Gasteiger partial charge in [0.25, 0.3) is 5.91 Å². The molecule has 5 nitrogen and oxygen atoms in total. The van der Waals surface area contributed by atoms with Crippen molar-refractivity contribution >= 4 is 5.91 Å². The summed E-state index contributed by atoms with van der Waals surface area (Å²) in [7, 11) is 1.57. The fourth-order valence-electron chi connectivity index (χ4n) is 1.36. The molecule has 5 heteroatoms. The Labute approximate surface area is 107 Å². The minimum Gasteiger partial charge on any atom is -0.484 e. The summed E-state index contributed by atoms with van der Waals surface area (Å²) < 4.78 is 10.1. The summed E-state index contributed by atoms with van der Waals surface area (Å²) >= 11 is 0. The second-order valence-electron chi connectivity index (χ2n) is 3.88. The number of methoxy groups -OCH3 is 1. The van der Waals surface area contributed by atoms with E-state index in [2.05, 4.69) is 5.32 Å². The van der Waals surface area contributed by atoms with Gasteiger partial charge in [0, 0.05) is 13.7 Å². The van der Waals surface area contributed by atoms with Crippen LogP contribution < -0.4 is 10.1 Å². The summed E-state index contributed by atoms with van der Waals surface area (Å²) in [6.45, 7) is 2.57. The zero-order chi connectivity index (χ0) is 13.4. The van der Waals surface area contributed by atoms with Crippen molar-refractivity contribution in [1.29, 1.82) is 0 Å². The molecule has 0 aliphatic rings. The molecule has 1 aromatic carbocycles. The van der Waals surface area contributed by atoms with Gasteiger partial charge in [0.1, 0.15) is 5.75 Å². The summed E-state index contributed by atoms with van der Waals surface area (Å²) in [5.74, 6) is 0.366. The van der Waals surface area contributed by atoms with Gasteiger partial charge in [0.2, 0.25) is 0 Å². The van der Waals surface area contributed by atoms with Crippen molar-refractivity contribution < 1.29 is 19.4 Å². The number of aliphatic hydroxyl groups excluding tert-OH is 1. The third-order valence-electron chi connectivity index (χ3n) is 2.34. The average molecular weight is 253 g/mol. The molecule has 100 valence electrons. The zero-order valence-electron chi connectivity index (χ0n) is 10.7. The Bertz CT molecular complexity index is 379. The van der Waals surface area contributed by atoms with Gasteiger partial charge in [-0.15, -0.1) is 0 Å². The van der Waals surface area contributed by atoms with Gasteiger partial charge < -0.3 is 19.9 Å². The van der Waals surface area contributed by atoms with Crippen LogP contribution >= 0.6 is 0 Å². The van der Waals surface area contributed by atoms with E-state index in [4.69, 9.17) is 9.47 Å². The topological polar surface area (TPSA) is 67.8 Å². The predicted molar refractivity (Wildman–Crippen MR) is 67.5 cm³/mol. The monoisotopic (exact) mass is 253 g/mol. The third-order valence-corrected chi connectivity index (χ3v) is 2.34. The molecule has 0 aliphatic carbocycles. The molecule has 0 aliphatic heterocycles. The van der Waals surface area contributed by atoms with Gasteiger partial charge in [-0.25, -0.2) is 0 Å². The molecule has 1 aromatic rings. The Kier molecular flexibility index (Phi) is 6.18. The lowest BCUT2D eigenvalue weighted by atomic mass is 10.1. The fourth-order valence-corrected chi connectivity index (χ4v) is 1.36. The van der Waals surface area contributed by atoms with Gasteiger partial charge in [-0.05, 0) is 24.6 Å². The maximum absolute atomic E-state index is 11.4. The van der Waals surface area contributed by atoms with E-state index in [1.807, 2.05) is 0 Å². The van der Waals surface area contributed by atoms with Gasteiger partial charge in [-0.1, -0.05) is 12.1 Å². The lowest BCUT2D eigenvalue weighted by molar-refractivity contribution is -0.123. The van der Waals surface area contributed by atoms with Crippen LogP contribution in [0.15, 0.2) is 24.3 Å². The highest BCUT2D eigenvalue weighted by Crippen LogP contribution is 2.18. The number of carbonyl (C=O) groups excluding carboxylic acids is 1. The highest BCUT2D eigenvalue weighted by atomic mass is 16.5. The molecule has 0 unspecified atom stereocenters. The number of rotatable bonds is 7. The first kappa shape index (κ1) is 14.5. The van der Waals surface area contributed by atoms with Crippen molar-refractivity contribution in [2.75, 3.05) is 26.9 Å². The number of aliphatic hydroxyl groups is 1. The van der Waals surface area contributed by atoms with Crippen molar-refractivity contribution in [2.24, 2.45) is 0 Å². The van der Waals surface area contributed by atoms with E-state index in [-0.39, 0.29) is 12.5 Å². The summed E-state index contributed by atoms with van der Waals surface area (Å²) in [5.41, 5.74) is 0.757. The Balaban J connectivity index is 2.38. The third kappa shape index (κ3) is 5.16. The number of ether oxygens (including phenoxy) is 2. The van der Waals surface area contributed by atoms with E-state index < -0.39 is 6.10 Å². The van der Waals surface area contributed by atoms with E-state index in [1.165, 1.54) is 0 Å². The molecule has 1 amide bonds. The largest absolute Gasteiger partial charge is 0.484 e. The Morgan fingerprint density at radius 2 is 2.28 bits per heavy atom. The normalized spacial score (nSPS) is 11.9. The standard InChI is InChI=1S/C13H19NO4/c1-10(15)11-4-3-5-12(8-11)18-9-13(16)14-6-7-17-2/h3-5,8,10,15H,6-7,9H2,1-2H3,(H,14,16)/t10-/m0/s1. The lowest BCUT2D eigenvalue weighted by Gasteiger charge is -2.09. The van der Waals surface area contributed by atoms with E-state index >= 15 is 0 Å². The first-order valence-corrected chi connectivity index (χ1v) is 5.80. The van der Waals surface area contributed by atoms with E-state index in [0.29, 0.717) is 18.9 Å². The number of hydrogen-bond donors (Lipinski definition) is 2. The molecule has 0 saturated heterocycles. The number of carbonyl (C=O) groups is 1. The predicted octanol–water partition coefficient (Wildman–Crippen LogP) is 0.881. The molecule has 0 aromatic heterocycles. The quantitative estimate of drug-likeness (QED) is 0.708. The Hall–Kier alpha value is -1.59. The van der Waals surface area contributed by atoms with Crippen LogP contribution in [-0.4, -0.2) is 37.9 Å². The van der Waals surface area contributed by atoms with Crippen LogP contribution in [0.1, 0.15) is 18.6 Å². The van der Waals surface area contributed by atoms with Crippen molar-refractivity contribution in [3.8, 4) is 5.75 Å². The molecule has 1 rings (SSSR count). The minimum absolute atomic E-state index is 0.0486. The highest BCUT2D eigenvalue weighted by Gasteiger charge is 2.04. The summed E-state index contributed by atoms with van der Waals surface area (Å²) in [6.07, 6.45) is -0.552. The summed E-state index contributed by atoms with van der Waals surface area (Å²) in [6, 6.07) is 7.04. The molecule has 0 bridgehead atoms. The molecule has 0 spiro atoms. The molecule has 1 atom stereocenters. The van der Waals surface area contributed by atoms with Gasteiger partial charge in [-0.2, -0.15) is 0 Å². The molecule has 18 heavy (non-hydrogen) atoms. The van der Waals surface area contributed by atoms with Crippen LogP contribution in [0.25, 0.3) is 0 Å². The van der Waals surface area contributed by atoms with E-state index in [1.54, 1.807) is 38.3 Å². The first-order valence-electron chi connectivity index (χ1n) is 5.80. The molecule has 0 heterocycles. The van der Waals surface area contributed by atoms with Gasteiger partial charge in [0.15, 0.2) is 6.61 Å². The van der Waals surface area contributed by atoms with Crippen molar-refractivity contribution in [1.82, 2.24) is 5.32 Å². The van der Waals surface area contributed by atoms with Crippen LogP contribution in [0.4, 0.5) is 0 Å². The maximum Gasteiger partial charge on any atom is 0.258 e. The van der Waals surface area contributed by atoms with Crippen LogP contribution in [0.5, 0.6) is 5.75 Å². The van der Waals surface area contributed by atoms with E-state index in [0.717, 1.165) is 5.56 Å². The van der Waals surface area contributed by atoms with Crippen molar-refractivity contribution in [3.05, 3.63) is 29.8 Å². The molecule has 0 saturated carbocycles. The average Bonchev–Trinajstić information content (AvgIpc) is 2.37. The molecule has 2 N–H and O–H groups in total. The second kappa shape index (κ2) is 7.68. The van der Waals surface area contributed by atoms with Crippen molar-refractivity contribution in [2.45, 2.75) is 13.0 Å². The Morgan fingerprint density at radius 1 is 1.50 bits per heavy atom. The first-order chi connectivity index (χ1) is 8.63. The van der Waals surface area contributed by atoms with Gasteiger partial charge in [0.05, 0.1) is 12.7 Å². The van der Waals surface area contributed by atoms with Crippen LogP contribution in [0.2, 0.25) is 0 Å². The summed E-state index contributed by atoms with van der Waals surface area (Å²) in [5, 5.41) is 12.1. The number of nitrogens with one attached hydrogen (secondary N) is 1. The Morgan fingerprint density at radius 3 is 2.94 bits per heavy atom. The van der Waals surface area contributed by atoms with Crippen LogP contribution in [-0.2, 0) is 9.53 Å². The highest BCUT2D eigenvalue weighted by molar-refractivity contribution is 5.77. The number of hydrogen-bond acceptors (Lipinski definition) is 4. The van der Waals surface area contributed by atoms with Crippen molar-refractivity contribution in [3.63, 3.8) is 0 Å². The van der Waals surface area contributed by atoms with E-state index in [9.17, 15) is 9.90 Å². The molecular formula is C13H19NO4. The lowest BCUT2D eigenvalue weighted by Crippen LogP contribution is -2.31. The van der Waals surface area contributed by atoms with Gasteiger partial charge in [-0.3, -0.25) is 4.79 Å². The zero-order valence-corrected chi connectivity index (χ0v) is 10.7. The van der Waals surface area contributed by atoms with Crippen LogP contribution in [0.3, 0.4) is 0 Å². The fraction of sp³-hybridized carbons (Fsp3) is 0.462. The second-order valence-corrected chi connectivity index (χ2v) is 3.88. The SMILES string of the molecule is COCCNC(=O)COc1cccc([C@H](C)O)c1. The molecule has 0 radical (unpaired) electrons. The summed E-state index contributed by atoms with van der Waals surface area (Å²) in [4.78, 5) is 11.4. The van der Waals surface area contributed by atoms with Gasteiger partial charge >= 0.3 is 0 Å². The molecular weight excluding hydrogens is 234 g/mol. The smallest absolute Gasteiger partial charge is 0.258 e.